The van der Waals surface area contributed by atoms with E-state index in [2.05, 4.69) is 65.4 Å². The molecule has 0 aliphatic rings. The molecule has 0 aliphatic heterocycles. The van der Waals surface area contributed by atoms with Crippen molar-refractivity contribution < 1.29 is 0 Å². The maximum Gasteiger partial charge on any atom is 0.0526 e. The van der Waals surface area contributed by atoms with E-state index in [1.165, 1.54) is 21.8 Å². The molecule has 1 heterocycles. The van der Waals surface area contributed by atoms with Crippen molar-refractivity contribution in [2.45, 2.75) is 0 Å². The Morgan fingerprint density at radius 2 is 1.50 bits per heavy atom. The van der Waals surface area contributed by atoms with Gasteiger partial charge in [-0.3, -0.25) is 0 Å². The highest BCUT2D eigenvalue weighted by Gasteiger charge is 2.04. The lowest BCUT2D eigenvalue weighted by atomic mass is 10.2. The summed E-state index contributed by atoms with van der Waals surface area (Å²) in [5, 5.41) is 2.84. The van der Waals surface area contributed by atoms with Crippen LogP contribution in [0.25, 0.3) is 16.6 Å². The summed E-state index contributed by atoms with van der Waals surface area (Å²) in [6, 6.07) is 19.1. The zero-order chi connectivity index (χ0) is 11.0. The van der Waals surface area contributed by atoms with Crippen LogP contribution < -0.4 is 5.19 Å². The zero-order valence-electron chi connectivity index (χ0n) is 9.22. The molecule has 1 aromatic heterocycles. The molecule has 78 valence electrons. The van der Waals surface area contributed by atoms with Crippen molar-refractivity contribution in [2.75, 3.05) is 0 Å². The smallest absolute Gasteiger partial charge is 0.0526 e. The third kappa shape index (κ3) is 1.39. The van der Waals surface area contributed by atoms with Crippen molar-refractivity contribution in [2.24, 2.45) is 0 Å². The minimum Gasteiger partial charge on any atom is -0.317 e. The molecule has 1 nitrogen and oxygen atoms in total. The molecule has 2 aromatic carbocycles. The predicted molar refractivity (Wildman–Crippen MR) is 72.8 cm³/mol. The maximum atomic E-state index is 2.28. The molecular formula is C14H13NSi. The van der Waals surface area contributed by atoms with Crippen molar-refractivity contribution in [3.63, 3.8) is 0 Å². The lowest BCUT2D eigenvalue weighted by Gasteiger charge is -2.04. The van der Waals surface area contributed by atoms with E-state index in [0.717, 1.165) is 10.2 Å². The van der Waals surface area contributed by atoms with Crippen molar-refractivity contribution in [3.05, 3.63) is 60.8 Å². The Hall–Kier alpha value is -1.80. The van der Waals surface area contributed by atoms with E-state index in [1.807, 2.05) is 0 Å². The second-order valence-corrected chi connectivity index (χ2v) is 5.11. The number of hydrogen-bond acceptors (Lipinski definition) is 0. The topological polar surface area (TPSA) is 4.93 Å². The highest BCUT2D eigenvalue weighted by atomic mass is 28.1. The molecule has 3 rings (SSSR count). The summed E-state index contributed by atoms with van der Waals surface area (Å²) in [5.41, 5.74) is 2.54. The van der Waals surface area contributed by atoms with Gasteiger partial charge in [-0.25, -0.2) is 0 Å². The minimum absolute atomic E-state index is 1.09. The van der Waals surface area contributed by atoms with Crippen molar-refractivity contribution >= 4 is 26.3 Å². The van der Waals surface area contributed by atoms with Crippen LogP contribution in [0.5, 0.6) is 0 Å². The Labute approximate surface area is 97.8 Å². The predicted octanol–water partition coefficient (Wildman–Crippen LogP) is 1.62. The van der Waals surface area contributed by atoms with Crippen LogP contribution in [0.1, 0.15) is 0 Å². The summed E-state index contributed by atoms with van der Waals surface area (Å²) in [6.07, 6.45) is 2.26. The molecule has 0 radical (unpaired) electrons. The molecule has 0 saturated carbocycles. The lowest BCUT2D eigenvalue weighted by Crippen LogP contribution is -1.98. The molecule has 0 aliphatic carbocycles. The molecule has 0 bridgehead atoms. The lowest BCUT2D eigenvalue weighted by molar-refractivity contribution is 1.13. The van der Waals surface area contributed by atoms with Gasteiger partial charge in [-0.05, 0) is 28.8 Å². The maximum absolute atomic E-state index is 2.28. The molecular weight excluding hydrogens is 210 g/mol. The first-order valence-electron chi connectivity index (χ1n) is 5.48. The Morgan fingerprint density at radius 1 is 0.812 bits per heavy atom. The fraction of sp³-hybridized carbons (Fsp3) is 0. The quantitative estimate of drug-likeness (QED) is 0.553. The molecule has 2 heteroatoms. The highest BCUT2D eigenvalue weighted by molar-refractivity contribution is 6.39. The molecule has 0 unspecified atom stereocenters. The van der Waals surface area contributed by atoms with Gasteiger partial charge < -0.3 is 4.57 Å². The van der Waals surface area contributed by atoms with Crippen LogP contribution in [0, 0.1) is 0 Å². The fourth-order valence-electron chi connectivity index (χ4n) is 2.15. The average molecular weight is 223 g/mol. The van der Waals surface area contributed by atoms with E-state index < -0.39 is 0 Å². The van der Waals surface area contributed by atoms with Gasteiger partial charge in [0.05, 0.1) is 5.52 Å². The van der Waals surface area contributed by atoms with E-state index in [9.17, 15) is 0 Å². The van der Waals surface area contributed by atoms with E-state index >= 15 is 0 Å². The van der Waals surface area contributed by atoms with Crippen LogP contribution in [0.4, 0.5) is 0 Å². The van der Waals surface area contributed by atoms with Crippen LogP contribution in [-0.2, 0) is 0 Å². The number of fused-ring (bicyclic) bond motifs is 1. The van der Waals surface area contributed by atoms with Gasteiger partial charge in [0.1, 0.15) is 0 Å². The summed E-state index contributed by atoms with van der Waals surface area (Å²) < 4.78 is 2.28. The first-order chi connectivity index (χ1) is 7.86. The summed E-state index contributed by atoms with van der Waals surface area (Å²) in [6.45, 7) is 0. The number of para-hydroxylation sites is 2. The van der Waals surface area contributed by atoms with Crippen LogP contribution in [0.2, 0.25) is 0 Å². The molecule has 16 heavy (non-hydrogen) atoms. The summed E-state index contributed by atoms with van der Waals surface area (Å²) in [4.78, 5) is 0. The average Bonchev–Trinajstić information content (AvgIpc) is 2.69. The van der Waals surface area contributed by atoms with Crippen LogP contribution in [0.3, 0.4) is 0 Å². The van der Waals surface area contributed by atoms with Crippen LogP contribution >= 0.6 is 0 Å². The van der Waals surface area contributed by atoms with Gasteiger partial charge in [0.2, 0.25) is 0 Å². The number of benzene rings is 2. The third-order valence-corrected chi connectivity index (χ3v) is 3.74. The van der Waals surface area contributed by atoms with E-state index in [4.69, 9.17) is 0 Å². The van der Waals surface area contributed by atoms with Gasteiger partial charge in [-0.15, -0.1) is 0 Å². The van der Waals surface area contributed by atoms with Gasteiger partial charge in [-0.1, -0.05) is 36.4 Å². The van der Waals surface area contributed by atoms with E-state index in [0.29, 0.717) is 0 Å². The molecule has 0 fully saturated rings. The molecule has 3 aromatic rings. The van der Waals surface area contributed by atoms with Crippen molar-refractivity contribution in [3.8, 4) is 5.69 Å². The SMILES string of the molecule is [SiH3]c1cn(-c2ccccc2)c2ccccc12. The number of aromatic nitrogens is 1. The Morgan fingerprint density at radius 3 is 2.31 bits per heavy atom. The zero-order valence-corrected chi connectivity index (χ0v) is 11.2. The summed E-state index contributed by atoms with van der Waals surface area (Å²) in [7, 11) is 1.09. The second kappa shape index (κ2) is 3.65. The molecule has 0 spiro atoms. The third-order valence-electron chi connectivity index (χ3n) is 2.95. The Bertz CT molecular complexity index is 626. The van der Waals surface area contributed by atoms with Crippen molar-refractivity contribution in [1.29, 1.82) is 0 Å². The van der Waals surface area contributed by atoms with E-state index in [-0.39, 0.29) is 0 Å². The first-order valence-corrected chi connectivity index (χ1v) is 6.48. The number of nitrogens with zero attached hydrogens (tertiary/aromatic N) is 1. The number of rotatable bonds is 1. The normalized spacial score (nSPS) is 11.0. The van der Waals surface area contributed by atoms with Gasteiger partial charge in [0, 0.05) is 22.1 Å². The monoisotopic (exact) mass is 223 g/mol. The first kappa shape index (κ1) is 9.42. The fourth-order valence-corrected chi connectivity index (χ4v) is 2.83. The van der Waals surface area contributed by atoms with Gasteiger partial charge >= 0.3 is 0 Å². The van der Waals surface area contributed by atoms with Crippen molar-refractivity contribution in [1.82, 2.24) is 4.57 Å². The van der Waals surface area contributed by atoms with E-state index in [1.54, 1.807) is 0 Å². The number of hydrogen-bond donors (Lipinski definition) is 0. The molecule has 0 saturated heterocycles. The summed E-state index contributed by atoms with van der Waals surface area (Å²) >= 11 is 0. The van der Waals surface area contributed by atoms with Gasteiger partial charge in [0.15, 0.2) is 0 Å². The molecule has 0 N–H and O–H groups in total. The summed E-state index contributed by atoms with van der Waals surface area (Å²) in [5.74, 6) is 0. The molecule has 0 amide bonds. The standard InChI is InChI=1S/C14H13NSi/c16-14-10-15(11-6-2-1-3-7-11)13-9-5-4-8-12(13)14/h1-10H,16H3. The Balaban J connectivity index is 2.33. The van der Waals surface area contributed by atoms with Crippen LogP contribution in [-0.4, -0.2) is 14.8 Å². The largest absolute Gasteiger partial charge is 0.317 e. The van der Waals surface area contributed by atoms with Gasteiger partial charge in [0.25, 0.3) is 0 Å². The Kier molecular flexibility index (Phi) is 2.15. The molecule has 0 atom stereocenters. The highest BCUT2D eigenvalue weighted by Crippen LogP contribution is 2.17. The van der Waals surface area contributed by atoms with Gasteiger partial charge in [-0.2, -0.15) is 0 Å². The minimum atomic E-state index is 1.09. The second-order valence-electron chi connectivity index (χ2n) is 4.03. The van der Waals surface area contributed by atoms with Crippen LogP contribution in [0.15, 0.2) is 60.8 Å².